The molecule has 0 bridgehead atoms. The number of nitrogens with two attached hydrogens (primary N) is 1. The minimum absolute atomic E-state index is 0.353. The Morgan fingerprint density at radius 1 is 0.844 bits per heavy atom. The number of fused-ring (bicyclic) bond motifs is 2. The van der Waals surface area contributed by atoms with Gasteiger partial charge in [0.25, 0.3) is 0 Å². The second-order valence-electron chi connectivity index (χ2n) is 11.5. The van der Waals surface area contributed by atoms with Gasteiger partial charge >= 0.3 is 0 Å². The average Bonchev–Trinajstić information content (AvgIpc) is 3.72. The van der Waals surface area contributed by atoms with Crippen LogP contribution >= 0.6 is 0 Å². The molecule has 0 unspecified atom stereocenters. The fourth-order valence-corrected chi connectivity index (χ4v) is 6.29. The van der Waals surface area contributed by atoms with Gasteiger partial charge in [-0.3, -0.25) is 4.90 Å². The number of nitrogen functional groups attached to an aromatic ring is 1. The third-order valence-electron chi connectivity index (χ3n) is 8.64. The highest BCUT2D eigenvalue weighted by atomic mass is 15.6. The van der Waals surface area contributed by atoms with Gasteiger partial charge in [0.15, 0.2) is 11.5 Å². The van der Waals surface area contributed by atoms with E-state index < -0.39 is 0 Å². The predicted octanol–water partition coefficient (Wildman–Crippen LogP) is 5.32. The van der Waals surface area contributed by atoms with E-state index in [1.807, 2.05) is 24.5 Å². The highest BCUT2D eigenvalue weighted by Crippen LogP contribution is 2.35. The lowest BCUT2D eigenvalue weighted by molar-refractivity contribution is 0.181. The van der Waals surface area contributed by atoms with Gasteiger partial charge in [-0.15, -0.1) is 10.2 Å². The van der Waals surface area contributed by atoms with Gasteiger partial charge in [0.2, 0.25) is 5.82 Å². The van der Waals surface area contributed by atoms with Gasteiger partial charge in [-0.2, -0.15) is 4.80 Å². The van der Waals surface area contributed by atoms with Gasteiger partial charge in [-0.25, -0.2) is 19.9 Å². The smallest absolute Gasteiger partial charge is 0.204 e. The van der Waals surface area contributed by atoms with Crippen LogP contribution in [0.4, 0.5) is 5.82 Å². The van der Waals surface area contributed by atoms with Crippen LogP contribution in [0.1, 0.15) is 24.4 Å². The van der Waals surface area contributed by atoms with Crippen molar-refractivity contribution < 1.29 is 0 Å². The maximum absolute atomic E-state index is 6.00. The Hall–Kier alpha value is -5.55. The molecule has 11 nitrogen and oxygen atoms in total. The number of hydrogen-bond acceptors (Lipinski definition) is 9. The van der Waals surface area contributed by atoms with Crippen molar-refractivity contribution in [2.45, 2.75) is 25.4 Å². The van der Waals surface area contributed by atoms with Crippen molar-refractivity contribution in [3.8, 4) is 33.8 Å². The van der Waals surface area contributed by atoms with Crippen molar-refractivity contribution in [1.29, 1.82) is 0 Å². The molecule has 0 spiro atoms. The Kier molecular flexibility index (Phi) is 6.72. The van der Waals surface area contributed by atoms with Crippen LogP contribution in [0.5, 0.6) is 0 Å². The van der Waals surface area contributed by atoms with E-state index >= 15 is 0 Å². The zero-order valence-electron chi connectivity index (χ0n) is 24.8. The van der Waals surface area contributed by atoms with Crippen molar-refractivity contribution in [3.05, 3.63) is 97.1 Å². The molecule has 1 fully saturated rings. The molecule has 0 radical (unpaired) electrons. The number of hydrogen-bond donors (Lipinski definition) is 1. The Balaban J connectivity index is 1.03. The lowest BCUT2D eigenvalue weighted by Crippen LogP contribution is -2.34. The highest BCUT2D eigenvalue weighted by molar-refractivity contribution is 5.93. The number of aryl methyl sites for hydroxylation is 1. The zero-order valence-corrected chi connectivity index (χ0v) is 24.8. The molecule has 4 aromatic heterocycles. The molecule has 1 saturated heterocycles. The molecule has 2 N–H and O–H groups in total. The second kappa shape index (κ2) is 11.2. The SMILES string of the molecule is Cn1nnc(-c2ccc3nc(-c4ccc(CN5CCC(n6cnc7c(N)ncnc76)CC5)cc4)c(-c4ccccc4)cc3c2)n1. The molecule has 3 aromatic carbocycles. The monoisotopic (exact) mass is 593 g/mol. The normalized spacial score (nSPS) is 14.4. The Bertz CT molecular complexity index is 2130. The quantitative estimate of drug-likeness (QED) is 0.272. The van der Waals surface area contributed by atoms with E-state index in [4.69, 9.17) is 10.7 Å². The van der Waals surface area contributed by atoms with Crippen LogP contribution in [0.3, 0.4) is 0 Å². The Labute approximate surface area is 259 Å². The predicted molar refractivity (Wildman–Crippen MR) is 174 cm³/mol. The minimum atomic E-state index is 0.353. The molecule has 0 atom stereocenters. The van der Waals surface area contributed by atoms with E-state index in [1.54, 1.807) is 7.05 Å². The number of piperidine rings is 1. The van der Waals surface area contributed by atoms with Crippen molar-refractivity contribution >= 4 is 27.9 Å². The number of aromatic nitrogens is 9. The molecule has 5 heterocycles. The Morgan fingerprint density at radius 2 is 1.64 bits per heavy atom. The summed E-state index contributed by atoms with van der Waals surface area (Å²) in [5.41, 5.74) is 14.9. The summed E-state index contributed by atoms with van der Waals surface area (Å²) >= 11 is 0. The largest absolute Gasteiger partial charge is 0.382 e. The summed E-state index contributed by atoms with van der Waals surface area (Å²) in [6.07, 6.45) is 5.43. The third-order valence-corrected chi connectivity index (χ3v) is 8.64. The maximum atomic E-state index is 6.00. The van der Waals surface area contributed by atoms with E-state index in [2.05, 4.69) is 100 Å². The van der Waals surface area contributed by atoms with Crippen molar-refractivity contribution in [3.63, 3.8) is 0 Å². The minimum Gasteiger partial charge on any atom is -0.382 e. The summed E-state index contributed by atoms with van der Waals surface area (Å²) in [6.45, 7) is 2.91. The van der Waals surface area contributed by atoms with Gasteiger partial charge in [0, 0.05) is 47.8 Å². The molecule has 11 heteroatoms. The first-order valence-electron chi connectivity index (χ1n) is 15.1. The first-order valence-corrected chi connectivity index (χ1v) is 15.1. The lowest BCUT2D eigenvalue weighted by atomic mass is 9.96. The molecule has 0 amide bonds. The standard InChI is InChI=1S/C34H31N11/c1-43-41-33(40-42-43)25-11-12-29-26(17-25)18-28(23-5-3-2-4-6-23)30(39-29)24-9-7-22(8-10-24)19-44-15-13-27(14-16-44)45-21-38-31-32(35)36-20-37-34(31)45/h2-12,17-18,20-21,27H,13-16,19H2,1H3,(H2,35,36,37). The second-order valence-corrected chi connectivity index (χ2v) is 11.5. The van der Waals surface area contributed by atoms with Crippen molar-refractivity contribution in [1.82, 2.24) is 49.6 Å². The first kappa shape index (κ1) is 27.0. The number of pyridine rings is 1. The van der Waals surface area contributed by atoms with Gasteiger partial charge in [-0.1, -0.05) is 54.6 Å². The average molecular weight is 594 g/mol. The van der Waals surface area contributed by atoms with Crippen LogP contribution in [0.25, 0.3) is 55.8 Å². The topological polar surface area (TPSA) is 129 Å². The van der Waals surface area contributed by atoms with Crippen molar-refractivity contribution in [2.24, 2.45) is 7.05 Å². The summed E-state index contributed by atoms with van der Waals surface area (Å²) in [7, 11) is 1.77. The van der Waals surface area contributed by atoms with Crippen LogP contribution in [0, 0.1) is 0 Å². The molecule has 45 heavy (non-hydrogen) atoms. The van der Waals surface area contributed by atoms with Gasteiger partial charge in [0.1, 0.15) is 11.8 Å². The molecule has 7 aromatic rings. The summed E-state index contributed by atoms with van der Waals surface area (Å²) in [5.74, 6) is 1.03. The number of tetrazole rings is 1. The first-order chi connectivity index (χ1) is 22.1. The molecule has 1 aliphatic rings. The molecule has 0 aliphatic carbocycles. The van der Waals surface area contributed by atoms with Gasteiger partial charge < -0.3 is 10.3 Å². The number of likely N-dealkylation sites (tertiary alicyclic amines) is 1. The molecule has 0 saturated carbocycles. The molecule has 1 aliphatic heterocycles. The fourth-order valence-electron chi connectivity index (χ4n) is 6.29. The number of nitrogens with zero attached hydrogens (tertiary/aromatic N) is 10. The molecular formula is C34H31N11. The Morgan fingerprint density at radius 3 is 2.42 bits per heavy atom. The highest BCUT2D eigenvalue weighted by Gasteiger charge is 2.23. The molecular weight excluding hydrogens is 562 g/mol. The summed E-state index contributed by atoms with van der Waals surface area (Å²) < 4.78 is 2.16. The van der Waals surface area contributed by atoms with Crippen LogP contribution in [-0.2, 0) is 13.6 Å². The van der Waals surface area contributed by atoms with Crippen LogP contribution in [0.2, 0.25) is 0 Å². The molecule has 8 rings (SSSR count). The summed E-state index contributed by atoms with van der Waals surface area (Å²) in [5, 5.41) is 13.6. The lowest BCUT2D eigenvalue weighted by Gasteiger charge is -2.32. The summed E-state index contributed by atoms with van der Waals surface area (Å²) in [6, 6.07) is 28.0. The van der Waals surface area contributed by atoms with Crippen LogP contribution in [0.15, 0.2) is 91.5 Å². The van der Waals surface area contributed by atoms with Crippen LogP contribution in [-0.4, -0.2) is 62.7 Å². The van der Waals surface area contributed by atoms with Gasteiger partial charge in [0.05, 0.1) is 24.6 Å². The van der Waals surface area contributed by atoms with Crippen molar-refractivity contribution in [2.75, 3.05) is 18.8 Å². The fraction of sp³-hybridized carbons (Fsp3) is 0.206. The number of rotatable bonds is 6. The summed E-state index contributed by atoms with van der Waals surface area (Å²) in [4.78, 5) is 22.1. The molecule has 222 valence electrons. The van der Waals surface area contributed by atoms with Gasteiger partial charge in [-0.05, 0) is 53.4 Å². The van der Waals surface area contributed by atoms with E-state index in [0.717, 1.165) is 77.0 Å². The van der Waals surface area contributed by atoms with Crippen LogP contribution < -0.4 is 5.73 Å². The van der Waals surface area contributed by atoms with E-state index in [0.29, 0.717) is 23.2 Å². The van der Waals surface area contributed by atoms with E-state index in [9.17, 15) is 0 Å². The number of anilines is 1. The number of imidazole rings is 1. The third kappa shape index (κ3) is 5.17. The maximum Gasteiger partial charge on any atom is 0.204 e. The zero-order chi connectivity index (χ0) is 30.3. The van der Waals surface area contributed by atoms with E-state index in [1.165, 1.54) is 16.7 Å². The number of benzene rings is 3. The van der Waals surface area contributed by atoms with E-state index in [-0.39, 0.29) is 0 Å².